The first-order chi connectivity index (χ1) is 7.78. The number of nitrogens with one attached hydrogen (secondary N) is 1. The molecule has 0 aromatic rings. The fourth-order valence-electron chi connectivity index (χ4n) is 1.96. The minimum atomic E-state index is 0.408. The molecule has 2 atom stereocenters. The van der Waals surface area contributed by atoms with Crippen LogP contribution >= 0.6 is 0 Å². The number of rotatable bonds is 11. The zero-order valence-corrected chi connectivity index (χ0v) is 11.7. The number of hydrogen-bond donors (Lipinski definition) is 1. The average Bonchev–Trinajstić information content (AvgIpc) is 2.30. The third kappa shape index (κ3) is 8.12. The molecule has 0 fully saturated rings. The number of unbranched alkanes of at least 4 members (excludes halogenated alkanes) is 1. The maximum atomic E-state index is 6.01. The summed E-state index contributed by atoms with van der Waals surface area (Å²) in [5.41, 5.74) is 0. The molecule has 0 amide bonds. The van der Waals surface area contributed by atoms with Gasteiger partial charge in [0.15, 0.2) is 0 Å². The first kappa shape index (κ1) is 15.9. The minimum Gasteiger partial charge on any atom is -0.377 e. The Morgan fingerprint density at radius 1 is 1.06 bits per heavy atom. The van der Waals surface area contributed by atoms with E-state index in [0.29, 0.717) is 6.10 Å². The molecule has 0 radical (unpaired) electrons. The number of hydrogen-bond acceptors (Lipinski definition) is 2. The van der Waals surface area contributed by atoms with Crippen molar-refractivity contribution in [3.8, 4) is 0 Å². The molecule has 0 heterocycles. The van der Waals surface area contributed by atoms with Gasteiger partial charge in [-0.15, -0.1) is 0 Å². The monoisotopic (exact) mass is 229 g/mol. The Bertz CT molecular complexity index is 133. The molecule has 0 aliphatic rings. The van der Waals surface area contributed by atoms with Crippen LogP contribution in [0.15, 0.2) is 0 Å². The molecule has 0 bridgehead atoms. The summed E-state index contributed by atoms with van der Waals surface area (Å²) in [6.07, 6.45) is 8.00. The molecule has 0 aromatic carbocycles. The maximum absolute atomic E-state index is 6.01. The van der Waals surface area contributed by atoms with E-state index in [1.165, 1.54) is 38.5 Å². The zero-order chi connectivity index (χ0) is 12.2. The molecule has 0 aliphatic heterocycles. The van der Waals surface area contributed by atoms with Gasteiger partial charge in [-0.25, -0.2) is 0 Å². The Hall–Kier alpha value is -0.0800. The van der Waals surface area contributed by atoms with Gasteiger partial charge in [0.05, 0.1) is 6.10 Å². The molecule has 0 saturated carbocycles. The van der Waals surface area contributed by atoms with Gasteiger partial charge in [0.25, 0.3) is 0 Å². The van der Waals surface area contributed by atoms with Gasteiger partial charge in [-0.2, -0.15) is 0 Å². The SMILES string of the molecule is CCCCC(CC)COC(CCC)CNC. The number of ether oxygens (including phenoxy) is 1. The quantitative estimate of drug-likeness (QED) is 0.584. The second kappa shape index (κ2) is 11.4. The van der Waals surface area contributed by atoms with E-state index in [2.05, 4.69) is 26.1 Å². The van der Waals surface area contributed by atoms with Crippen LogP contribution in [-0.4, -0.2) is 26.3 Å². The molecule has 2 unspecified atom stereocenters. The highest BCUT2D eigenvalue weighted by molar-refractivity contribution is 4.62. The lowest BCUT2D eigenvalue weighted by atomic mass is 10.0. The fourth-order valence-corrected chi connectivity index (χ4v) is 1.96. The lowest BCUT2D eigenvalue weighted by Crippen LogP contribution is -2.28. The average molecular weight is 229 g/mol. The van der Waals surface area contributed by atoms with E-state index < -0.39 is 0 Å². The highest BCUT2D eigenvalue weighted by Crippen LogP contribution is 2.14. The molecule has 2 nitrogen and oxygen atoms in total. The van der Waals surface area contributed by atoms with Crippen molar-refractivity contribution in [2.24, 2.45) is 5.92 Å². The normalized spacial score (nSPS) is 15.0. The molecular weight excluding hydrogens is 198 g/mol. The van der Waals surface area contributed by atoms with E-state index in [1.807, 2.05) is 7.05 Å². The standard InChI is InChI=1S/C14H31NO/c1-5-8-10-13(7-3)12-16-14(9-6-2)11-15-4/h13-15H,5-12H2,1-4H3. The summed E-state index contributed by atoms with van der Waals surface area (Å²) in [6, 6.07) is 0. The van der Waals surface area contributed by atoms with E-state index in [9.17, 15) is 0 Å². The maximum Gasteiger partial charge on any atom is 0.0699 e. The summed E-state index contributed by atoms with van der Waals surface area (Å²) in [7, 11) is 2.00. The van der Waals surface area contributed by atoms with E-state index >= 15 is 0 Å². The van der Waals surface area contributed by atoms with Crippen molar-refractivity contribution in [1.82, 2.24) is 5.32 Å². The fraction of sp³-hybridized carbons (Fsp3) is 1.00. The molecule has 98 valence electrons. The Labute approximate surface area is 102 Å². The van der Waals surface area contributed by atoms with Gasteiger partial charge in [-0.3, -0.25) is 0 Å². The van der Waals surface area contributed by atoms with Crippen LogP contribution < -0.4 is 5.32 Å². The van der Waals surface area contributed by atoms with Gasteiger partial charge in [-0.1, -0.05) is 46.5 Å². The summed E-state index contributed by atoms with van der Waals surface area (Å²) < 4.78 is 6.01. The third-order valence-electron chi connectivity index (χ3n) is 3.15. The van der Waals surface area contributed by atoms with Crippen molar-refractivity contribution < 1.29 is 4.74 Å². The zero-order valence-electron chi connectivity index (χ0n) is 11.7. The smallest absolute Gasteiger partial charge is 0.0699 e. The second-order valence-electron chi connectivity index (χ2n) is 4.72. The summed E-state index contributed by atoms with van der Waals surface area (Å²) >= 11 is 0. The van der Waals surface area contributed by atoms with Gasteiger partial charge < -0.3 is 10.1 Å². The highest BCUT2D eigenvalue weighted by Gasteiger charge is 2.11. The van der Waals surface area contributed by atoms with Gasteiger partial charge in [0.1, 0.15) is 0 Å². The molecule has 0 spiro atoms. The van der Waals surface area contributed by atoms with Crippen molar-refractivity contribution in [3.05, 3.63) is 0 Å². The van der Waals surface area contributed by atoms with Crippen LogP contribution in [0.25, 0.3) is 0 Å². The van der Waals surface area contributed by atoms with Gasteiger partial charge in [0, 0.05) is 13.2 Å². The molecule has 0 aliphatic carbocycles. The minimum absolute atomic E-state index is 0.408. The number of likely N-dealkylation sites (N-methyl/N-ethyl adjacent to an activating group) is 1. The topological polar surface area (TPSA) is 21.3 Å². The first-order valence-electron chi connectivity index (χ1n) is 7.04. The van der Waals surface area contributed by atoms with Crippen molar-refractivity contribution in [2.45, 2.75) is 65.4 Å². The molecule has 0 aromatic heterocycles. The van der Waals surface area contributed by atoms with Gasteiger partial charge in [0.2, 0.25) is 0 Å². The molecule has 1 N–H and O–H groups in total. The predicted molar refractivity (Wildman–Crippen MR) is 71.9 cm³/mol. The summed E-state index contributed by atoms with van der Waals surface area (Å²) in [5, 5.41) is 3.21. The van der Waals surface area contributed by atoms with E-state index in [0.717, 1.165) is 19.1 Å². The molecular formula is C14H31NO. The van der Waals surface area contributed by atoms with Crippen LogP contribution in [0.1, 0.15) is 59.3 Å². The summed E-state index contributed by atoms with van der Waals surface area (Å²) in [4.78, 5) is 0. The molecule has 0 rings (SSSR count). The largest absolute Gasteiger partial charge is 0.377 e. The lowest BCUT2D eigenvalue weighted by molar-refractivity contribution is 0.0220. The first-order valence-corrected chi connectivity index (χ1v) is 7.04. The Morgan fingerprint density at radius 2 is 1.81 bits per heavy atom. The second-order valence-corrected chi connectivity index (χ2v) is 4.72. The van der Waals surface area contributed by atoms with E-state index in [-0.39, 0.29) is 0 Å². The molecule has 0 saturated heterocycles. The highest BCUT2D eigenvalue weighted by atomic mass is 16.5. The Kier molecular flexibility index (Phi) is 11.3. The van der Waals surface area contributed by atoms with Crippen LogP contribution in [-0.2, 0) is 4.74 Å². The van der Waals surface area contributed by atoms with Gasteiger partial charge in [-0.05, 0) is 25.8 Å². The predicted octanol–water partition coefficient (Wildman–Crippen LogP) is 3.61. The van der Waals surface area contributed by atoms with E-state index in [1.54, 1.807) is 0 Å². The van der Waals surface area contributed by atoms with Crippen molar-refractivity contribution in [2.75, 3.05) is 20.2 Å². The summed E-state index contributed by atoms with van der Waals surface area (Å²) in [6.45, 7) is 8.69. The van der Waals surface area contributed by atoms with Crippen LogP contribution in [0, 0.1) is 5.92 Å². The molecule has 2 heteroatoms. The van der Waals surface area contributed by atoms with Crippen LogP contribution in [0.4, 0.5) is 0 Å². The van der Waals surface area contributed by atoms with Crippen LogP contribution in [0.3, 0.4) is 0 Å². The third-order valence-corrected chi connectivity index (χ3v) is 3.15. The van der Waals surface area contributed by atoms with Crippen molar-refractivity contribution in [3.63, 3.8) is 0 Å². The van der Waals surface area contributed by atoms with Crippen molar-refractivity contribution in [1.29, 1.82) is 0 Å². The summed E-state index contributed by atoms with van der Waals surface area (Å²) in [5.74, 6) is 0.760. The van der Waals surface area contributed by atoms with Crippen LogP contribution in [0.5, 0.6) is 0 Å². The van der Waals surface area contributed by atoms with Crippen LogP contribution in [0.2, 0.25) is 0 Å². The van der Waals surface area contributed by atoms with Crippen molar-refractivity contribution >= 4 is 0 Å². The van der Waals surface area contributed by atoms with Gasteiger partial charge >= 0.3 is 0 Å². The lowest BCUT2D eigenvalue weighted by Gasteiger charge is -2.21. The Balaban J connectivity index is 3.76. The molecule has 16 heavy (non-hydrogen) atoms. The Morgan fingerprint density at radius 3 is 2.31 bits per heavy atom. The van der Waals surface area contributed by atoms with E-state index in [4.69, 9.17) is 4.74 Å².